The van der Waals surface area contributed by atoms with Crippen LogP contribution in [0.5, 0.6) is 0 Å². The molecule has 1 N–H and O–H groups in total. The van der Waals surface area contributed by atoms with E-state index < -0.39 is 0 Å². The van der Waals surface area contributed by atoms with Crippen LogP contribution in [0.15, 0.2) is 12.3 Å². The van der Waals surface area contributed by atoms with Gasteiger partial charge in [0.15, 0.2) is 0 Å². The molecule has 1 aliphatic rings. The molecule has 1 aromatic rings. The van der Waals surface area contributed by atoms with Crippen molar-refractivity contribution < 1.29 is 4.79 Å². The minimum absolute atomic E-state index is 0.0390. The lowest BCUT2D eigenvalue weighted by atomic mass is 10.0. The number of hydrogen-bond donors (Lipinski definition) is 1. The molecule has 1 saturated heterocycles. The van der Waals surface area contributed by atoms with Crippen molar-refractivity contribution in [3.8, 4) is 0 Å². The standard InChI is InChI=1S/C14H25N5O/c1-11-5-6-19(16-11)10-14(20)15-13-9-18(4)8-12(13)7-17(2)3/h5-6,12-13H,7-10H2,1-4H3,(H,15,20)/t12-,13-/m1/s1. The summed E-state index contributed by atoms with van der Waals surface area (Å²) in [6.45, 7) is 5.17. The number of carbonyl (C=O) groups excluding carboxylic acids is 1. The van der Waals surface area contributed by atoms with E-state index in [0.29, 0.717) is 12.5 Å². The fourth-order valence-corrected chi connectivity index (χ4v) is 2.86. The molecule has 0 bridgehead atoms. The first-order valence-electron chi connectivity index (χ1n) is 7.06. The largest absolute Gasteiger partial charge is 0.350 e. The zero-order valence-corrected chi connectivity index (χ0v) is 12.8. The average Bonchev–Trinajstić information content (AvgIpc) is 2.85. The molecule has 0 radical (unpaired) electrons. The van der Waals surface area contributed by atoms with Gasteiger partial charge in [-0.1, -0.05) is 0 Å². The van der Waals surface area contributed by atoms with Gasteiger partial charge in [-0.3, -0.25) is 9.48 Å². The first kappa shape index (κ1) is 15.0. The highest BCUT2D eigenvalue weighted by Gasteiger charge is 2.32. The first-order valence-corrected chi connectivity index (χ1v) is 7.06. The van der Waals surface area contributed by atoms with Gasteiger partial charge in [-0.2, -0.15) is 5.10 Å². The Morgan fingerprint density at radius 1 is 1.50 bits per heavy atom. The second-order valence-electron chi connectivity index (χ2n) is 6.07. The Balaban J connectivity index is 1.88. The van der Waals surface area contributed by atoms with Crippen LogP contribution in [0.2, 0.25) is 0 Å². The zero-order chi connectivity index (χ0) is 14.7. The Morgan fingerprint density at radius 2 is 2.25 bits per heavy atom. The van der Waals surface area contributed by atoms with Gasteiger partial charge in [0.2, 0.25) is 5.91 Å². The molecule has 0 unspecified atom stereocenters. The average molecular weight is 279 g/mol. The summed E-state index contributed by atoms with van der Waals surface area (Å²) in [6, 6.07) is 2.14. The molecule has 0 aliphatic carbocycles. The lowest BCUT2D eigenvalue weighted by Crippen LogP contribution is -2.44. The van der Waals surface area contributed by atoms with Crippen LogP contribution < -0.4 is 5.32 Å². The van der Waals surface area contributed by atoms with Crippen molar-refractivity contribution in [3.05, 3.63) is 18.0 Å². The molecule has 1 amide bonds. The van der Waals surface area contributed by atoms with Crippen molar-refractivity contribution in [1.29, 1.82) is 0 Å². The molecule has 2 atom stereocenters. The van der Waals surface area contributed by atoms with E-state index in [0.717, 1.165) is 25.3 Å². The Morgan fingerprint density at radius 3 is 2.85 bits per heavy atom. The summed E-state index contributed by atoms with van der Waals surface area (Å²) in [6.07, 6.45) is 1.84. The zero-order valence-electron chi connectivity index (χ0n) is 12.8. The van der Waals surface area contributed by atoms with Crippen LogP contribution in [-0.4, -0.2) is 72.3 Å². The molecule has 112 valence electrons. The Labute approximate surface area is 120 Å². The van der Waals surface area contributed by atoms with E-state index in [1.54, 1.807) is 4.68 Å². The highest BCUT2D eigenvalue weighted by molar-refractivity contribution is 5.76. The van der Waals surface area contributed by atoms with Gasteiger partial charge in [-0.05, 0) is 34.1 Å². The van der Waals surface area contributed by atoms with E-state index >= 15 is 0 Å². The van der Waals surface area contributed by atoms with Gasteiger partial charge in [-0.25, -0.2) is 0 Å². The van der Waals surface area contributed by atoms with E-state index in [1.807, 2.05) is 19.2 Å². The molecule has 2 heterocycles. The van der Waals surface area contributed by atoms with Gasteiger partial charge in [0.05, 0.1) is 5.69 Å². The molecule has 20 heavy (non-hydrogen) atoms. The number of aryl methyl sites for hydroxylation is 1. The summed E-state index contributed by atoms with van der Waals surface area (Å²) in [4.78, 5) is 16.6. The number of likely N-dealkylation sites (tertiary alicyclic amines) is 1. The van der Waals surface area contributed by atoms with Gasteiger partial charge < -0.3 is 15.1 Å². The molecule has 6 nitrogen and oxygen atoms in total. The quantitative estimate of drug-likeness (QED) is 0.811. The second-order valence-corrected chi connectivity index (χ2v) is 6.07. The van der Waals surface area contributed by atoms with Gasteiger partial charge in [0.1, 0.15) is 6.54 Å². The molecular weight excluding hydrogens is 254 g/mol. The molecule has 2 rings (SSSR count). The van der Waals surface area contributed by atoms with E-state index in [1.165, 1.54) is 0 Å². The topological polar surface area (TPSA) is 53.4 Å². The van der Waals surface area contributed by atoms with Crippen LogP contribution in [0.3, 0.4) is 0 Å². The normalized spacial score (nSPS) is 23.4. The molecule has 0 spiro atoms. The number of carbonyl (C=O) groups is 1. The van der Waals surface area contributed by atoms with Crippen molar-refractivity contribution in [2.24, 2.45) is 5.92 Å². The number of nitrogens with one attached hydrogen (secondary N) is 1. The summed E-state index contributed by atoms with van der Waals surface area (Å²) in [7, 11) is 6.25. The molecular formula is C14H25N5O. The number of nitrogens with zero attached hydrogens (tertiary/aromatic N) is 4. The van der Waals surface area contributed by atoms with Crippen molar-refractivity contribution in [1.82, 2.24) is 24.9 Å². The van der Waals surface area contributed by atoms with Crippen LogP contribution in [-0.2, 0) is 11.3 Å². The predicted octanol–water partition coefficient (Wildman–Crippen LogP) is -0.200. The Kier molecular flexibility index (Phi) is 4.77. The van der Waals surface area contributed by atoms with E-state index in [2.05, 4.69) is 41.4 Å². The smallest absolute Gasteiger partial charge is 0.242 e. The van der Waals surface area contributed by atoms with Gasteiger partial charge in [-0.15, -0.1) is 0 Å². The van der Waals surface area contributed by atoms with Gasteiger partial charge in [0, 0.05) is 37.8 Å². The maximum Gasteiger partial charge on any atom is 0.242 e. The van der Waals surface area contributed by atoms with Gasteiger partial charge >= 0.3 is 0 Å². The minimum Gasteiger partial charge on any atom is -0.350 e. The van der Waals surface area contributed by atoms with Crippen molar-refractivity contribution >= 4 is 5.91 Å². The predicted molar refractivity (Wildman–Crippen MR) is 78.4 cm³/mol. The second kappa shape index (κ2) is 6.37. The lowest BCUT2D eigenvalue weighted by Gasteiger charge is -2.23. The number of likely N-dealkylation sites (N-methyl/N-ethyl adjacent to an activating group) is 1. The third-order valence-corrected chi connectivity index (χ3v) is 3.65. The van der Waals surface area contributed by atoms with Crippen molar-refractivity contribution in [2.45, 2.75) is 19.5 Å². The maximum absolute atomic E-state index is 12.1. The summed E-state index contributed by atoms with van der Waals surface area (Å²) >= 11 is 0. The van der Waals surface area contributed by atoms with Crippen molar-refractivity contribution in [2.75, 3.05) is 40.8 Å². The molecule has 1 aliphatic heterocycles. The van der Waals surface area contributed by atoms with Crippen LogP contribution in [0, 0.1) is 12.8 Å². The minimum atomic E-state index is 0.0390. The fourth-order valence-electron chi connectivity index (χ4n) is 2.86. The van der Waals surface area contributed by atoms with E-state index in [9.17, 15) is 4.79 Å². The summed E-state index contributed by atoms with van der Waals surface area (Å²) in [5, 5.41) is 7.40. The van der Waals surface area contributed by atoms with Crippen LogP contribution >= 0.6 is 0 Å². The monoisotopic (exact) mass is 279 g/mol. The first-order chi connectivity index (χ1) is 9.44. The summed E-state index contributed by atoms with van der Waals surface area (Å²) < 4.78 is 1.68. The maximum atomic E-state index is 12.1. The van der Waals surface area contributed by atoms with Crippen LogP contribution in [0.1, 0.15) is 5.69 Å². The number of amides is 1. The molecule has 1 fully saturated rings. The molecule has 0 aromatic carbocycles. The lowest BCUT2D eigenvalue weighted by molar-refractivity contribution is -0.122. The molecule has 1 aromatic heterocycles. The highest BCUT2D eigenvalue weighted by Crippen LogP contribution is 2.16. The van der Waals surface area contributed by atoms with E-state index in [4.69, 9.17) is 0 Å². The Bertz CT molecular complexity index is 456. The summed E-state index contributed by atoms with van der Waals surface area (Å²) in [5.41, 5.74) is 0.934. The van der Waals surface area contributed by atoms with Crippen LogP contribution in [0.4, 0.5) is 0 Å². The highest BCUT2D eigenvalue weighted by atomic mass is 16.2. The third kappa shape index (κ3) is 4.05. The molecule has 0 saturated carbocycles. The van der Waals surface area contributed by atoms with Gasteiger partial charge in [0.25, 0.3) is 0 Å². The number of hydrogen-bond acceptors (Lipinski definition) is 4. The van der Waals surface area contributed by atoms with E-state index in [-0.39, 0.29) is 11.9 Å². The number of rotatable bonds is 5. The third-order valence-electron chi connectivity index (χ3n) is 3.65. The SMILES string of the molecule is Cc1ccn(CC(=O)N[C@@H]2CN(C)C[C@H]2CN(C)C)n1. The molecule has 6 heteroatoms. The fraction of sp³-hybridized carbons (Fsp3) is 0.714. The van der Waals surface area contributed by atoms with Crippen LogP contribution in [0.25, 0.3) is 0 Å². The number of aromatic nitrogens is 2. The Hall–Kier alpha value is -1.40. The van der Waals surface area contributed by atoms with Crippen molar-refractivity contribution in [3.63, 3.8) is 0 Å². The summed E-state index contributed by atoms with van der Waals surface area (Å²) in [5.74, 6) is 0.524.